The van der Waals surface area contributed by atoms with Crippen molar-refractivity contribution in [2.45, 2.75) is 0 Å². The number of allylic oxidation sites excluding steroid dienone is 2. The molecule has 2 aliphatic heterocycles. The van der Waals surface area contributed by atoms with Crippen LogP contribution in [0.15, 0.2) is 60.7 Å². The molecule has 0 radical (unpaired) electrons. The van der Waals surface area contributed by atoms with Gasteiger partial charge in [-0.1, -0.05) is 24.3 Å². The third-order valence-corrected chi connectivity index (χ3v) is 5.20. The van der Waals surface area contributed by atoms with E-state index in [1.165, 1.54) is 0 Å². The van der Waals surface area contributed by atoms with Crippen molar-refractivity contribution in [2.75, 3.05) is 13.6 Å². The number of nitrogens with zero attached hydrogens (tertiary/aromatic N) is 2. The highest BCUT2D eigenvalue weighted by Crippen LogP contribution is 2.36. The van der Waals surface area contributed by atoms with Gasteiger partial charge in [0.15, 0.2) is 23.0 Å². The van der Waals surface area contributed by atoms with E-state index in [1.807, 2.05) is 36.4 Å². The van der Waals surface area contributed by atoms with Gasteiger partial charge in [-0.05, 0) is 70.8 Å². The average molecular weight is 420 g/mol. The molecule has 6 heteroatoms. The fraction of sp³-hybridized carbons (Fsp3) is 0.0769. The Bertz CT molecular complexity index is 1250. The summed E-state index contributed by atoms with van der Waals surface area (Å²) in [7, 11) is 0. The normalized spacial score (nSPS) is 14.1. The van der Waals surface area contributed by atoms with Crippen LogP contribution in [0.2, 0.25) is 0 Å². The van der Waals surface area contributed by atoms with E-state index >= 15 is 0 Å². The monoisotopic (exact) mass is 420 g/mol. The Morgan fingerprint density at radius 2 is 1.06 bits per heavy atom. The first-order valence-corrected chi connectivity index (χ1v) is 9.88. The Balaban J connectivity index is 1.53. The van der Waals surface area contributed by atoms with Crippen molar-refractivity contribution in [1.29, 1.82) is 10.5 Å². The van der Waals surface area contributed by atoms with Crippen LogP contribution in [0.25, 0.3) is 23.3 Å². The van der Waals surface area contributed by atoms with Crippen molar-refractivity contribution in [1.82, 2.24) is 0 Å². The van der Waals surface area contributed by atoms with E-state index in [0.29, 0.717) is 34.1 Å². The Morgan fingerprint density at radius 1 is 0.625 bits per heavy atom. The molecule has 32 heavy (non-hydrogen) atoms. The number of ether oxygens (including phenoxy) is 4. The lowest BCUT2D eigenvalue weighted by molar-refractivity contribution is 0.173. The van der Waals surface area contributed by atoms with E-state index in [2.05, 4.69) is 12.1 Å². The molecule has 0 spiro atoms. The van der Waals surface area contributed by atoms with Crippen LogP contribution in [0.1, 0.15) is 22.3 Å². The van der Waals surface area contributed by atoms with E-state index in [4.69, 9.17) is 18.9 Å². The second-order valence-corrected chi connectivity index (χ2v) is 7.10. The highest BCUT2D eigenvalue weighted by atomic mass is 16.7. The fourth-order valence-electron chi connectivity index (χ4n) is 3.57. The maximum absolute atomic E-state index is 9.79. The largest absolute Gasteiger partial charge is 0.454 e. The SMILES string of the molecule is N#C/C(=C/c1ccccc1/C=C(/C#N)c1ccc2c(c1)OCO2)c1ccc2c(c1)OCO2. The fourth-order valence-corrected chi connectivity index (χ4v) is 3.57. The lowest BCUT2D eigenvalue weighted by atomic mass is 9.97. The Morgan fingerprint density at radius 3 is 1.50 bits per heavy atom. The highest BCUT2D eigenvalue weighted by molar-refractivity contribution is 5.95. The minimum Gasteiger partial charge on any atom is -0.454 e. The van der Waals surface area contributed by atoms with Crippen LogP contribution in [0.3, 0.4) is 0 Å². The van der Waals surface area contributed by atoms with Gasteiger partial charge in [-0.3, -0.25) is 0 Å². The van der Waals surface area contributed by atoms with Gasteiger partial charge >= 0.3 is 0 Å². The third-order valence-electron chi connectivity index (χ3n) is 5.20. The molecule has 0 N–H and O–H groups in total. The van der Waals surface area contributed by atoms with Crippen LogP contribution in [0, 0.1) is 22.7 Å². The maximum atomic E-state index is 9.79. The van der Waals surface area contributed by atoms with Crippen LogP contribution in [0.4, 0.5) is 0 Å². The van der Waals surface area contributed by atoms with Crippen LogP contribution in [0.5, 0.6) is 23.0 Å². The van der Waals surface area contributed by atoms with Gasteiger partial charge < -0.3 is 18.9 Å². The number of nitriles is 2. The van der Waals surface area contributed by atoms with E-state index in [1.54, 1.807) is 36.4 Å². The molecule has 3 aromatic rings. The minimum absolute atomic E-state index is 0.175. The van der Waals surface area contributed by atoms with Crippen molar-refractivity contribution in [3.05, 3.63) is 82.9 Å². The molecule has 0 atom stereocenters. The smallest absolute Gasteiger partial charge is 0.231 e. The number of hydrogen-bond acceptors (Lipinski definition) is 6. The maximum Gasteiger partial charge on any atom is 0.231 e. The molecule has 2 aliphatic rings. The molecular formula is C26H16N2O4. The van der Waals surface area contributed by atoms with Gasteiger partial charge in [0.05, 0.1) is 23.3 Å². The predicted octanol–water partition coefficient (Wildman–Crippen LogP) is 5.27. The predicted molar refractivity (Wildman–Crippen MR) is 119 cm³/mol. The van der Waals surface area contributed by atoms with E-state index in [9.17, 15) is 10.5 Å². The molecule has 0 fully saturated rings. The van der Waals surface area contributed by atoms with Gasteiger partial charge in [-0.15, -0.1) is 0 Å². The zero-order chi connectivity index (χ0) is 21.9. The summed E-state index contributed by atoms with van der Waals surface area (Å²) in [4.78, 5) is 0. The molecule has 0 saturated heterocycles. The standard InChI is InChI=1S/C26H16N2O4/c27-13-21(19-5-7-23-25(11-19)31-15-29-23)9-17-3-1-2-4-18(17)10-22(14-28)20-6-8-24-26(12-20)32-16-30-24/h1-12H,15-16H2/b21-9-,22-10-. The summed E-state index contributed by atoms with van der Waals surface area (Å²) in [6, 6.07) is 23.0. The number of rotatable bonds is 4. The van der Waals surface area contributed by atoms with Crippen LogP contribution < -0.4 is 18.9 Å². The summed E-state index contributed by atoms with van der Waals surface area (Å²) in [5.74, 6) is 2.56. The average Bonchev–Trinajstić information content (AvgIpc) is 3.50. The van der Waals surface area contributed by atoms with Gasteiger partial charge in [0.1, 0.15) is 0 Å². The van der Waals surface area contributed by atoms with Gasteiger partial charge in [0, 0.05) is 0 Å². The first-order valence-electron chi connectivity index (χ1n) is 9.88. The molecule has 154 valence electrons. The van der Waals surface area contributed by atoms with Crippen molar-refractivity contribution >= 4 is 23.3 Å². The Labute approximate surface area is 184 Å². The molecule has 0 aliphatic carbocycles. The molecule has 5 rings (SSSR count). The van der Waals surface area contributed by atoms with E-state index in [-0.39, 0.29) is 13.6 Å². The van der Waals surface area contributed by atoms with Crippen molar-refractivity contribution < 1.29 is 18.9 Å². The summed E-state index contributed by atoms with van der Waals surface area (Å²) >= 11 is 0. The second kappa shape index (κ2) is 8.22. The molecule has 0 bridgehead atoms. The van der Waals surface area contributed by atoms with Crippen LogP contribution in [-0.4, -0.2) is 13.6 Å². The van der Waals surface area contributed by atoms with Gasteiger partial charge in [-0.2, -0.15) is 10.5 Å². The van der Waals surface area contributed by atoms with Crippen molar-refractivity contribution in [2.24, 2.45) is 0 Å². The number of fused-ring (bicyclic) bond motifs is 2. The molecule has 3 aromatic carbocycles. The summed E-state index contributed by atoms with van der Waals surface area (Å²) in [6.45, 7) is 0.351. The topological polar surface area (TPSA) is 84.5 Å². The molecular weight excluding hydrogens is 404 g/mol. The molecule has 2 heterocycles. The molecule has 6 nitrogen and oxygen atoms in total. The summed E-state index contributed by atoms with van der Waals surface area (Å²) < 4.78 is 21.6. The van der Waals surface area contributed by atoms with Crippen LogP contribution >= 0.6 is 0 Å². The zero-order valence-corrected chi connectivity index (χ0v) is 16.9. The lowest BCUT2D eigenvalue weighted by Gasteiger charge is -2.06. The van der Waals surface area contributed by atoms with E-state index < -0.39 is 0 Å². The summed E-state index contributed by atoms with van der Waals surface area (Å²) in [5, 5.41) is 19.6. The first-order chi connectivity index (χ1) is 15.7. The highest BCUT2D eigenvalue weighted by Gasteiger charge is 2.16. The Kier molecular flexibility index (Phi) is 4.95. The lowest BCUT2D eigenvalue weighted by Crippen LogP contribution is -1.93. The quantitative estimate of drug-likeness (QED) is 0.422. The molecule has 0 amide bonds. The van der Waals surface area contributed by atoms with Gasteiger partial charge in [0.25, 0.3) is 0 Å². The van der Waals surface area contributed by atoms with E-state index in [0.717, 1.165) is 22.3 Å². The van der Waals surface area contributed by atoms with Gasteiger partial charge in [-0.25, -0.2) is 0 Å². The Hall–Kier alpha value is -4.68. The first kappa shape index (κ1) is 19.3. The molecule has 0 aromatic heterocycles. The molecule has 0 unspecified atom stereocenters. The zero-order valence-electron chi connectivity index (χ0n) is 16.9. The molecule has 0 saturated carbocycles. The van der Waals surface area contributed by atoms with Crippen molar-refractivity contribution in [3.63, 3.8) is 0 Å². The van der Waals surface area contributed by atoms with Crippen molar-refractivity contribution in [3.8, 4) is 35.1 Å². The summed E-state index contributed by atoms with van der Waals surface area (Å²) in [5.41, 5.74) is 4.04. The van der Waals surface area contributed by atoms with Gasteiger partial charge in [0.2, 0.25) is 13.6 Å². The number of benzene rings is 3. The number of hydrogen-bond donors (Lipinski definition) is 0. The minimum atomic E-state index is 0.175. The summed E-state index contributed by atoms with van der Waals surface area (Å²) in [6.07, 6.45) is 3.61. The van der Waals surface area contributed by atoms with Crippen LogP contribution in [-0.2, 0) is 0 Å². The third kappa shape index (κ3) is 3.62. The second-order valence-electron chi connectivity index (χ2n) is 7.10.